The van der Waals surface area contributed by atoms with Crippen LogP contribution in [0, 0.1) is 0 Å². The van der Waals surface area contributed by atoms with E-state index in [4.69, 9.17) is 16.1 Å². The lowest BCUT2D eigenvalue weighted by Crippen LogP contribution is -2.47. The van der Waals surface area contributed by atoms with Crippen molar-refractivity contribution in [1.82, 2.24) is 25.0 Å². The molecule has 1 aromatic carbocycles. The molecule has 28 heavy (non-hydrogen) atoms. The minimum absolute atomic E-state index is 0.432. The van der Waals surface area contributed by atoms with Gasteiger partial charge < -0.3 is 14.7 Å². The molecule has 0 amide bonds. The fraction of sp³-hybridized carbons (Fsp3) is 0.368. The topological polar surface area (TPSA) is 83.2 Å². The van der Waals surface area contributed by atoms with Gasteiger partial charge in [-0.25, -0.2) is 9.97 Å². The van der Waals surface area contributed by atoms with Gasteiger partial charge in [0.15, 0.2) is 0 Å². The van der Waals surface area contributed by atoms with Gasteiger partial charge in [-0.15, -0.1) is 0 Å². The Labute approximate surface area is 168 Å². The van der Waals surface area contributed by atoms with Crippen molar-refractivity contribution in [3.63, 3.8) is 0 Å². The molecule has 3 aromatic rings. The quantitative estimate of drug-likeness (QED) is 0.607. The molecule has 2 aromatic heterocycles. The highest BCUT2D eigenvalue weighted by Gasteiger charge is 2.18. The van der Waals surface area contributed by atoms with E-state index in [9.17, 15) is 0 Å². The molecule has 0 atom stereocenters. The van der Waals surface area contributed by atoms with Gasteiger partial charge in [0.05, 0.1) is 0 Å². The molecule has 0 saturated carbocycles. The number of piperazine rings is 1. The van der Waals surface area contributed by atoms with Crippen LogP contribution in [0.25, 0.3) is 11.4 Å². The Morgan fingerprint density at radius 3 is 2.68 bits per heavy atom. The second-order valence-corrected chi connectivity index (χ2v) is 7.03. The van der Waals surface area contributed by atoms with Gasteiger partial charge in [-0.3, -0.25) is 4.90 Å². The molecule has 1 aliphatic rings. The van der Waals surface area contributed by atoms with E-state index in [1.165, 1.54) is 0 Å². The summed E-state index contributed by atoms with van der Waals surface area (Å²) in [6.45, 7) is 5.72. The molecule has 146 valence electrons. The zero-order chi connectivity index (χ0) is 19.2. The first kappa shape index (κ1) is 18.6. The second-order valence-electron chi connectivity index (χ2n) is 6.59. The number of hydrogen-bond donors (Lipinski definition) is 1. The SMILES string of the molecule is Clc1cccc(-c2noc(NCCCN3CCN(c4ncccn4)CC3)n2)c1. The van der Waals surface area contributed by atoms with Crippen LogP contribution in [0.5, 0.6) is 0 Å². The highest BCUT2D eigenvalue weighted by molar-refractivity contribution is 6.30. The monoisotopic (exact) mass is 399 g/mol. The first-order valence-corrected chi connectivity index (χ1v) is 9.73. The fourth-order valence-corrected chi connectivity index (χ4v) is 3.35. The van der Waals surface area contributed by atoms with Crippen LogP contribution in [0.15, 0.2) is 47.2 Å². The molecule has 1 fully saturated rings. The van der Waals surface area contributed by atoms with E-state index in [0.29, 0.717) is 16.9 Å². The van der Waals surface area contributed by atoms with Gasteiger partial charge in [-0.2, -0.15) is 4.98 Å². The Balaban J connectivity index is 1.18. The first-order chi connectivity index (χ1) is 13.8. The van der Waals surface area contributed by atoms with Gasteiger partial charge in [-0.1, -0.05) is 28.9 Å². The van der Waals surface area contributed by atoms with E-state index in [1.807, 2.05) is 30.3 Å². The Morgan fingerprint density at radius 2 is 1.89 bits per heavy atom. The second kappa shape index (κ2) is 8.99. The summed E-state index contributed by atoms with van der Waals surface area (Å²) < 4.78 is 5.26. The van der Waals surface area contributed by atoms with E-state index in [2.05, 4.69) is 35.2 Å². The lowest BCUT2D eigenvalue weighted by Gasteiger charge is -2.34. The number of halogens is 1. The Bertz CT molecular complexity index is 881. The molecule has 9 heteroatoms. The Kier molecular flexibility index (Phi) is 5.98. The van der Waals surface area contributed by atoms with Crippen LogP contribution in [-0.2, 0) is 0 Å². The van der Waals surface area contributed by atoms with E-state index in [-0.39, 0.29) is 0 Å². The van der Waals surface area contributed by atoms with Crippen LogP contribution in [-0.4, -0.2) is 64.3 Å². The van der Waals surface area contributed by atoms with Gasteiger partial charge >= 0.3 is 6.01 Å². The molecule has 1 aliphatic heterocycles. The standard InChI is InChI=1S/C19H22ClN7O/c20-16-5-1-4-15(14-16)17-24-19(28-25-17)23-8-3-9-26-10-12-27(13-11-26)18-21-6-2-7-22-18/h1-2,4-7,14H,3,8-13H2,(H,23,24,25). The van der Waals surface area contributed by atoms with Crippen LogP contribution in [0.2, 0.25) is 5.02 Å². The number of aromatic nitrogens is 4. The third-order valence-electron chi connectivity index (χ3n) is 4.64. The summed E-state index contributed by atoms with van der Waals surface area (Å²) in [5, 5.41) is 7.84. The molecule has 1 N–H and O–H groups in total. The van der Waals surface area contributed by atoms with Crippen LogP contribution < -0.4 is 10.2 Å². The fourth-order valence-electron chi connectivity index (χ4n) is 3.16. The third-order valence-corrected chi connectivity index (χ3v) is 4.88. The first-order valence-electron chi connectivity index (χ1n) is 9.36. The largest absolute Gasteiger partial charge is 0.338 e. The Morgan fingerprint density at radius 1 is 1.07 bits per heavy atom. The third kappa shape index (κ3) is 4.76. The highest BCUT2D eigenvalue weighted by atomic mass is 35.5. The molecule has 0 unspecified atom stereocenters. The highest BCUT2D eigenvalue weighted by Crippen LogP contribution is 2.21. The molecule has 8 nitrogen and oxygen atoms in total. The lowest BCUT2D eigenvalue weighted by atomic mass is 10.2. The predicted molar refractivity (Wildman–Crippen MR) is 109 cm³/mol. The zero-order valence-corrected chi connectivity index (χ0v) is 16.2. The molecule has 1 saturated heterocycles. The lowest BCUT2D eigenvalue weighted by molar-refractivity contribution is 0.256. The molecular weight excluding hydrogens is 378 g/mol. The predicted octanol–water partition coefficient (Wildman–Crippen LogP) is 2.80. The van der Waals surface area contributed by atoms with Crippen LogP contribution in [0.4, 0.5) is 12.0 Å². The van der Waals surface area contributed by atoms with E-state index in [1.54, 1.807) is 12.4 Å². The average Bonchev–Trinajstić information content (AvgIpc) is 3.21. The van der Waals surface area contributed by atoms with Gasteiger partial charge in [0.2, 0.25) is 11.8 Å². The zero-order valence-electron chi connectivity index (χ0n) is 15.5. The van der Waals surface area contributed by atoms with Gasteiger partial charge in [0.25, 0.3) is 0 Å². The van der Waals surface area contributed by atoms with Crippen molar-refractivity contribution in [1.29, 1.82) is 0 Å². The van der Waals surface area contributed by atoms with Crippen molar-refractivity contribution in [2.75, 3.05) is 49.5 Å². The average molecular weight is 400 g/mol. The maximum absolute atomic E-state index is 6.01. The summed E-state index contributed by atoms with van der Waals surface area (Å²) in [5.41, 5.74) is 0.838. The van der Waals surface area contributed by atoms with Crippen LogP contribution in [0.1, 0.15) is 6.42 Å². The van der Waals surface area contributed by atoms with Gasteiger partial charge in [0, 0.05) is 55.7 Å². The number of benzene rings is 1. The smallest absolute Gasteiger partial charge is 0.321 e. The van der Waals surface area contributed by atoms with Gasteiger partial charge in [0.1, 0.15) is 0 Å². The molecule has 0 radical (unpaired) electrons. The van der Waals surface area contributed by atoms with E-state index >= 15 is 0 Å². The molecule has 0 aliphatic carbocycles. The van der Waals surface area contributed by atoms with Crippen molar-refractivity contribution in [3.8, 4) is 11.4 Å². The van der Waals surface area contributed by atoms with Crippen molar-refractivity contribution >= 4 is 23.6 Å². The molecule has 0 bridgehead atoms. The van der Waals surface area contributed by atoms with Crippen LogP contribution in [0.3, 0.4) is 0 Å². The number of nitrogens with zero attached hydrogens (tertiary/aromatic N) is 6. The molecule has 3 heterocycles. The maximum Gasteiger partial charge on any atom is 0.321 e. The summed E-state index contributed by atoms with van der Waals surface area (Å²) in [7, 11) is 0. The number of nitrogens with one attached hydrogen (secondary N) is 1. The van der Waals surface area contributed by atoms with Crippen LogP contribution >= 0.6 is 11.6 Å². The molecule has 0 spiro atoms. The summed E-state index contributed by atoms with van der Waals surface area (Å²) >= 11 is 6.01. The maximum atomic E-state index is 6.01. The normalized spacial score (nSPS) is 15.0. The Hall–Kier alpha value is -2.71. The van der Waals surface area contributed by atoms with Crippen molar-refractivity contribution < 1.29 is 4.52 Å². The minimum atomic E-state index is 0.432. The van der Waals surface area contributed by atoms with E-state index in [0.717, 1.165) is 57.2 Å². The minimum Gasteiger partial charge on any atom is -0.338 e. The summed E-state index contributed by atoms with van der Waals surface area (Å²) in [4.78, 5) is 17.7. The van der Waals surface area contributed by atoms with Crippen molar-refractivity contribution in [2.24, 2.45) is 0 Å². The van der Waals surface area contributed by atoms with Gasteiger partial charge in [-0.05, 0) is 31.2 Å². The van der Waals surface area contributed by atoms with Crippen molar-refractivity contribution in [3.05, 3.63) is 47.7 Å². The summed E-state index contributed by atoms with van der Waals surface area (Å²) in [5.74, 6) is 1.35. The van der Waals surface area contributed by atoms with Crippen molar-refractivity contribution in [2.45, 2.75) is 6.42 Å². The molecular formula is C19H22ClN7O. The number of rotatable bonds is 7. The number of hydrogen-bond acceptors (Lipinski definition) is 8. The molecule has 4 rings (SSSR count). The summed E-state index contributed by atoms with van der Waals surface area (Å²) in [6.07, 6.45) is 4.57. The van der Waals surface area contributed by atoms with E-state index < -0.39 is 0 Å². The number of anilines is 2. The summed E-state index contributed by atoms with van der Waals surface area (Å²) in [6, 6.07) is 9.67.